The van der Waals surface area contributed by atoms with Gasteiger partial charge in [0.2, 0.25) is 0 Å². The molecule has 27 heavy (non-hydrogen) atoms. The zero-order chi connectivity index (χ0) is 18.0. The summed E-state index contributed by atoms with van der Waals surface area (Å²) in [6.45, 7) is 2.12. The Labute approximate surface area is 181 Å². The van der Waals surface area contributed by atoms with Crippen LogP contribution in [-0.4, -0.2) is 0 Å². The Morgan fingerprint density at radius 2 is 1.11 bits per heavy atom. The van der Waals surface area contributed by atoms with Crippen molar-refractivity contribution in [1.82, 2.24) is 0 Å². The van der Waals surface area contributed by atoms with Gasteiger partial charge in [-0.1, -0.05) is 98.0 Å². The van der Waals surface area contributed by atoms with Crippen LogP contribution < -0.4 is 0 Å². The van der Waals surface area contributed by atoms with Crippen LogP contribution in [0.4, 0.5) is 0 Å². The Morgan fingerprint density at radius 3 is 1.63 bits per heavy atom. The maximum Gasteiger partial charge on any atom is 0 e. The molecule has 0 amide bonds. The average Bonchev–Trinajstić information content (AvgIpc) is 3.07. The number of benzene rings is 3. The molecule has 1 heteroatoms. The van der Waals surface area contributed by atoms with E-state index < -0.39 is 0 Å². The van der Waals surface area contributed by atoms with E-state index in [1.165, 1.54) is 27.5 Å². The van der Waals surface area contributed by atoms with Gasteiger partial charge in [-0.15, -0.1) is 40.6 Å². The quantitative estimate of drug-likeness (QED) is 0.238. The second-order valence-electron chi connectivity index (χ2n) is 6.20. The molecule has 0 fully saturated rings. The van der Waals surface area contributed by atoms with Crippen LogP contribution in [0.25, 0.3) is 22.9 Å². The molecule has 0 saturated carbocycles. The first-order valence-corrected chi connectivity index (χ1v) is 8.88. The van der Waals surface area contributed by atoms with Gasteiger partial charge < -0.3 is 0 Å². The molecule has 0 saturated heterocycles. The van der Waals surface area contributed by atoms with E-state index in [9.17, 15) is 0 Å². The SMILES string of the molecule is C(C=Cc1ccccc1)=Cc1ccccc1.Cc1cc2ccccc2[cH-]1.[Zr]. The van der Waals surface area contributed by atoms with Crippen molar-refractivity contribution in [2.24, 2.45) is 0 Å². The summed E-state index contributed by atoms with van der Waals surface area (Å²) in [5, 5.41) is 2.69. The monoisotopic (exact) mass is 425 g/mol. The smallest absolute Gasteiger partial charge is 0 e. The zero-order valence-corrected chi connectivity index (χ0v) is 18.0. The number of fused-ring (bicyclic) bond motifs is 1. The van der Waals surface area contributed by atoms with Crippen molar-refractivity contribution in [2.45, 2.75) is 6.92 Å². The van der Waals surface area contributed by atoms with Crippen LogP contribution in [0.15, 0.2) is 109 Å². The predicted molar refractivity (Wildman–Crippen MR) is 115 cm³/mol. The Balaban J connectivity index is 0.000000205. The molecule has 132 valence electrons. The Kier molecular flexibility index (Phi) is 8.82. The molecule has 0 aliphatic carbocycles. The number of hydrogen-bond acceptors (Lipinski definition) is 0. The summed E-state index contributed by atoms with van der Waals surface area (Å²) >= 11 is 0. The van der Waals surface area contributed by atoms with Gasteiger partial charge in [0.15, 0.2) is 0 Å². The fourth-order valence-electron chi connectivity index (χ4n) is 2.77. The van der Waals surface area contributed by atoms with E-state index in [1.807, 2.05) is 36.4 Å². The van der Waals surface area contributed by atoms with Crippen LogP contribution in [0.3, 0.4) is 0 Å². The number of rotatable bonds is 3. The summed E-state index contributed by atoms with van der Waals surface area (Å²) < 4.78 is 0. The Morgan fingerprint density at radius 1 is 0.630 bits per heavy atom. The van der Waals surface area contributed by atoms with Gasteiger partial charge in [0, 0.05) is 26.2 Å². The second kappa shape index (κ2) is 11.4. The summed E-state index contributed by atoms with van der Waals surface area (Å²) in [5.41, 5.74) is 3.79. The molecular weight excluding hydrogens is 404 g/mol. The summed E-state index contributed by atoms with van der Waals surface area (Å²) in [6.07, 6.45) is 8.31. The minimum absolute atomic E-state index is 0. The van der Waals surface area contributed by atoms with E-state index in [0.29, 0.717) is 0 Å². The van der Waals surface area contributed by atoms with Crippen molar-refractivity contribution in [2.75, 3.05) is 0 Å². The summed E-state index contributed by atoms with van der Waals surface area (Å²) in [7, 11) is 0. The largest absolute Gasteiger partial charge is 0.165 e. The fourth-order valence-corrected chi connectivity index (χ4v) is 2.77. The van der Waals surface area contributed by atoms with Gasteiger partial charge in [0.25, 0.3) is 0 Å². The maximum absolute atomic E-state index is 2.20. The van der Waals surface area contributed by atoms with Crippen molar-refractivity contribution < 1.29 is 26.2 Å². The maximum atomic E-state index is 2.20. The third kappa shape index (κ3) is 7.04. The van der Waals surface area contributed by atoms with Crippen LogP contribution in [0.5, 0.6) is 0 Å². The molecule has 0 spiro atoms. The normalized spacial score (nSPS) is 10.6. The van der Waals surface area contributed by atoms with Crippen molar-refractivity contribution in [1.29, 1.82) is 0 Å². The van der Waals surface area contributed by atoms with Gasteiger partial charge >= 0.3 is 0 Å². The van der Waals surface area contributed by atoms with Crippen LogP contribution in [0.2, 0.25) is 0 Å². The van der Waals surface area contributed by atoms with Crippen LogP contribution in [0, 0.1) is 6.92 Å². The van der Waals surface area contributed by atoms with Gasteiger partial charge in [0.05, 0.1) is 0 Å². The average molecular weight is 427 g/mol. The van der Waals surface area contributed by atoms with E-state index >= 15 is 0 Å². The van der Waals surface area contributed by atoms with E-state index in [1.54, 1.807) is 0 Å². The van der Waals surface area contributed by atoms with Crippen molar-refractivity contribution >= 4 is 22.9 Å². The predicted octanol–water partition coefficient (Wildman–Crippen LogP) is 7.28. The first kappa shape index (κ1) is 20.9. The van der Waals surface area contributed by atoms with Crippen molar-refractivity contribution in [3.05, 3.63) is 126 Å². The molecule has 0 unspecified atom stereocenters. The molecule has 0 aliphatic heterocycles. The first-order chi connectivity index (χ1) is 12.8. The number of allylic oxidation sites excluding steroid dienone is 2. The van der Waals surface area contributed by atoms with Gasteiger partial charge in [-0.3, -0.25) is 0 Å². The van der Waals surface area contributed by atoms with E-state index in [4.69, 9.17) is 0 Å². The van der Waals surface area contributed by atoms with E-state index in [2.05, 4.69) is 91.9 Å². The molecule has 0 nitrogen and oxygen atoms in total. The van der Waals surface area contributed by atoms with E-state index in [0.717, 1.165) is 0 Å². The Bertz CT molecular complexity index is 896. The molecule has 0 atom stereocenters. The van der Waals surface area contributed by atoms with Gasteiger partial charge in [0.1, 0.15) is 0 Å². The standard InChI is InChI=1S/C16H14.C10H9.Zr/c1-3-9-15(10-4-1)13-7-8-14-16-11-5-2-6-12-16;1-8-6-9-4-2-3-5-10(9)7-8;/h1-14H;2-7H,1H3;/q;-1;. The van der Waals surface area contributed by atoms with E-state index in [-0.39, 0.29) is 26.2 Å². The molecule has 0 aliphatic rings. The second-order valence-corrected chi connectivity index (χ2v) is 6.20. The van der Waals surface area contributed by atoms with Crippen molar-refractivity contribution in [3.8, 4) is 0 Å². The number of aryl methyl sites for hydroxylation is 1. The van der Waals surface area contributed by atoms with Gasteiger partial charge in [-0.25, -0.2) is 0 Å². The molecule has 0 aromatic heterocycles. The summed E-state index contributed by atoms with van der Waals surface area (Å²) in [6, 6.07) is 33.4. The molecule has 4 rings (SSSR count). The molecular formula is C26H23Zr-. The Hall–Kier alpha value is -2.37. The first-order valence-electron chi connectivity index (χ1n) is 8.88. The molecule has 0 bridgehead atoms. The summed E-state index contributed by atoms with van der Waals surface area (Å²) in [4.78, 5) is 0. The topological polar surface area (TPSA) is 0 Å². The molecule has 0 N–H and O–H groups in total. The molecule has 4 aromatic carbocycles. The third-order valence-corrected chi connectivity index (χ3v) is 4.05. The van der Waals surface area contributed by atoms with Crippen LogP contribution >= 0.6 is 0 Å². The minimum atomic E-state index is 0. The summed E-state index contributed by atoms with van der Waals surface area (Å²) in [5.74, 6) is 0. The third-order valence-electron chi connectivity index (χ3n) is 4.05. The molecule has 4 aromatic rings. The zero-order valence-electron chi connectivity index (χ0n) is 15.5. The van der Waals surface area contributed by atoms with Crippen LogP contribution in [-0.2, 0) is 26.2 Å². The number of hydrogen-bond donors (Lipinski definition) is 0. The van der Waals surface area contributed by atoms with Gasteiger partial charge in [-0.2, -0.15) is 6.07 Å². The van der Waals surface area contributed by atoms with Crippen molar-refractivity contribution in [3.63, 3.8) is 0 Å². The fraction of sp³-hybridized carbons (Fsp3) is 0.0385. The van der Waals surface area contributed by atoms with Crippen LogP contribution in [0.1, 0.15) is 16.7 Å². The molecule has 0 heterocycles. The molecule has 0 radical (unpaired) electrons. The minimum Gasteiger partial charge on any atom is -0.165 e. The van der Waals surface area contributed by atoms with Gasteiger partial charge in [-0.05, 0) is 11.1 Å².